The maximum absolute atomic E-state index is 11.6. The van der Waals surface area contributed by atoms with Crippen LogP contribution in [0.4, 0.5) is 4.39 Å². The molecule has 0 heterocycles. The highest BCUT2D eigenvalue weighted by Gasteiger charge is 1.96. The second kappa shape index (κ2) is 11.5. The van der Waals surface area contributed by atoms with Gasteiger partial charge in [0.1, 0.15) is 6.61 Å². The van der Waals surface area contributed by atoms with Gasteiger partial charge in [0.15, 0.2) is 0 Å². The number of nitrogens with one attached hydrogen (secondary N) is 1. The van der Waals surface area contributed by atoms with E-state index in [0.717, 1.165) is 0 Å². The van der Waals surface area contributed by atoms with Crippen LogP contribution in [0.1, 0.15) is 0 Å². The summed E-state index contributed by atoms with van der Waals surface area (Å²) in [5.74, 6) is 5.01. The minimum absolute atomic E-state index is 0.194. The molecule has 0 aliphatic heterocycles. The summed E-state index contributed by atoms with van der Waals surface area (Å²) in [5, 5.41) is 0. The maximum atomic E-state index is 11.6. The Kier molecular flexibility index (Phi) is 11.0. The average Bonchev–Trinajstić information content (AvgIpc) is 2.20. The van der Waals surface area contributed by atoms with Crippen molar-refractivity contribution in [2.75, 3.05) is 46.2 Å². The van der Waals surface area contributed by atoms with Crippen molar-refractivity contribution in [2.24, 2.45) is 5.84 Å². The summed E-state index contributed by atoms with van der Waals surface area (Å²) in [7, 11) is 0. The van der Waals surface area contributed by atoms with Gasteiger partial charge in [0.05, 0.1) is 33.0 Å². The van der Waals surface area contributed by atoms with Crippen molar-refractivity contribution >= 4 is 6.04 Å². The SMILES string of the molecule is NNCCOCCOCCOCC(=O)F. The first-order valence-corrected chi connectivity index (χ1v) is 4.62. The second-order valence-electron chi connectivity index (χ2n) is 2.59. The molecule has 0 saturated heterocycles. The molecule has 15 heavy (non-hydrogen) atoms. The number of hydrogen-bond donors (Lipinski definition) is 2. The number of hydrogen-bond acceptors (Lipinski definition) is 6. The first-order valence-electron chi connectivity index (χ1n) is 4.62. The topological polar surface area (TPSA) is 82.8 Å². The van der Waals surface area contributed by atoms with Crippen molar-refractivity contribution in [3.63, 3.8) is 0 Å². The summed E-state index contributed by atoms with van der Waals surface area (Å²) >= 11 is 0. The molecule has 0 unspecified atom stereocenters. The Morgan fingerprint density at radius 3 is 2.13 bits per heavy atom. The van der Waals surface area contributed by atoms with Gasteiger partial charge in [0.25, 0.3) is 0 Å². The zero-order valence-corrected chi connectivity index (χ0v) is 8.54. The Labute approximate surface area is 87.8 Å². The van der Waals surface area contributed by atoms with Crippen LogP contribution in [0.25, 0.3) is 0 Å². The predicted octanol–water partition coefficient (Wildman–Crippen LogP) is -1.00. The van der Waals surface area contributed by atoms with E-state index in [2.05, 4.69) is 10.2 Å². The normalized spacial score (nSPS) is 10.5. The molecule has 0 rings (SSSR count). The molecule has 0 aliphatic rings. The van der Waals surface area contributed by atoms with Crippen LogP contribution in [0.15, 0.2) is 0 Å². The largest absolute Gasteiger partial charge is 0.378 e. The van der Waals surface area contributed by atoms with Crippen molar-refractivity contribution in [2.45, 2.75) is 0 Å². The van der Waals surface area contributed by atoms with E-state index < -0.39 is 12.6 Å². The first-order chi connectivity index (χ1) is 7.27. The van der Waals surface area contributed by atoms with E-state index >= 15 is 0 Å². The second-order valence-corrected chi connectivity index (χ2v) is 2.59. The molecule has 0 fully saturated rings. The van der Waals surface area contributed by atoms with Crippen molar-refractivity contribution in [1.82, 2.24) is 5.43 Å². The molecule has 3 N–H and O–H groups in total. The molecule has 0 bridgehead atoms. The molecular formula is C8H17FN2O4. The van der Waals surface area contributed by atoms with E-state index in [0.29, 0.717) is 33.0 Å². The maximum Gasteiger partial charge on any atom is 0.326 e. The zero-order valence-electron chi connectivity index (χ0n) is 8.54. The van der Waals surface area contributed by atoms with Crippen LogP contribution in [0.2, 0.25) is 0 Å². The van der Waals surface area contributed by atoms with Crippen molar-refractivity contribution in [3.05, 3.63) is 0 Å². The Hall–Kier alpha value is -0.600. The minimum Gasteiger partial charge on any atom is -0.378 e. The summed E-state index contributed by atoms with van der Waals surface area (Å²) in [5.41, 5.74) is 2.44. The fourth-order valence-corrected chi connectivity index (χ4v) is 0.723. The average molecular weight is 224 g/mol. The quantitative estimate of drug-likeness (QED) is 0.203. The third-order valence-corrected chi connectivity index (χ3v) is 1.35. The van der Waals surface area contributed by atoms with Gasteiger partial charge in [-0.3, -0.25) is 16.1 Å². The van der Waals surface area contributed by atoms with E-state index in [9.17, 15) is 9.18 Å². The molecule has 0 spiro atoms. The van der Waals surface area contributed by atoms with Gasteiger partial charge in [-0.25, -0.2) is 0 Å². The standard InChI is InChI=1S/C8H17FN2O4/c9-8(12)7-15-6-5-14-4-3-13-2-1-11-10/h11H,1-7,10H2. The Morgan fingerprint density at radius 1 is 1.07 bits per heavy atom. The molecule has 0 atom stereocenters. The highest BCUT2D eigenvalue weighted by Crippen LogP contribution is 1.82. The van der Waals surface area contributed by atoms with Crippen LogP contribution < -0.4 is 11.3 Å². The van der Waals surface area contributed by atoms with Crippen LogP contribution in [0, 0.1) is 0 Å². The van der Waals surface area contributed by atoms with Crippen LogP contribution >= 0.6 is 0 Å². The number of rotatable bonds is 11. The van der Waals surface area contributed by atoms with Gasteiger partial charge in [-0.1, -0.05) is 0 Å². The highest BCUT2D eigenvalue weighted by molar-refractivity contribution is 5.69. The Morgan fingerprint density at radius 2 is 1.60 bits per heavy atom. The van der Waals surface area contributed by atoms with Gasteiger partial charge in [-0.2, -0.15) is 4.39 Å². The molecule has 0 aromatic carbocycles. The lowest BCUT2D eigenvalue weighted by Crippen LogP contribution is -2.26. The van der Waals surface area contributed by atoms with Crippen LogP contribution in [-0.4, -0.2) is 52.2 Å². The van der Waals surface area contributed by atoms with Crippen LogP contribution in [0.5, 0.6) is 0 Å². The third kappa shape index (κ3) is 13.4. The van der Waals surface area contributed by atoms with Gasteiger partial charge in [0, 0.05) is 6.54 Å². The minimum atomic E-state index is -1.48. The number of halogens is 1. The summed E-state index contributed by atoms with van der Waals surface area (Å²) in [6.45, 7) is 1.99. The lowest BCUT2D eigenvalue weighted by atomic mass is 10.7. The molecule has 6 nitrogen and oxygen atoms in total. The fourth-order valence-electron chi connectivity index (χ4n) is 0.723. The molecule has 90 valence electrons. The summed E-state index contributed by atoms with van der Waals surface area (Å²) in [6, 6.07) is -1.48. The van der Waals surface area contributed by atoms with Gasteiger partial charge < -0.3 is 14.2 Å². The molecule has 7 heteroatoms. The number of carbonyl (C=O) groups excluding carboxylic acids is 1. The van der Waals surface area contributed by atoms with E-state index in [1.165, 1.54) is 0 Å². The molecule has 0 aromatic rings. The smallest absolute Gasteiger partial charge is 0.326 e. The lowest BCUT2D eigenvalue weighted by molar-refractivity contribution is -0.134. The highest BCUT2D eigenvalue weighted by atomic mass is 19.1. The number of ether oxygens (including phenoxy) is 3. The number of hydrazine groups is 1. The molecule has 0 aromatic heterocycles. The number of nitrogens with two attached hydrogens (primary N) is 1. The summed E-state index contributed by atoms with van der Waals surface area (Å²) in [6.07, 6.45) is 0. The zero-order chi connectivity index (χ0) is 11.4. The monoisotopic (exact) mass is 224 g/mol. The van der Waals surface area contributed by atoms with E-state index in [1.54, 1.807) is 0 Å². The van der Waals surface area contributed by atoms with Gasteiger partial charge in [-0.05, 0) is 0 Å². The van der Waals surface area contributed by atoms with Crippen LogP contribution in [0.3, 0.4) is 0 Å². The molecule has 0 amide bonds. The molecular weight excluding hydrogens is 207 g/mol. The van der Waals surface area contributed by atoms with Gasteiger partial charge in [0.2, 0.25) is 0 Å². The molecule has 0 saturated carbocycles. The predicted molar refractivity (Wildman–Crippen MR) is 50.8 cm³/mol. The van der Waals surface area contributed by atoms with Crippen molar-refractivity contribution < 1.29 is 23.4 Å². The van der Waals surface area contributed by atoms with Gasteiger partial charge in [-0.15, -0.1) is 0 Å². The summed E-state index contributed by atoms with van der Waals surface area (Å²) < 4.78 is 26.4. The summed E-state index contributed by atoms with van der Waals surface area (Å²) in [4.78, 5) is 9.81. The van der Waals surface area contributed by atoms with Crippen LogP contribution in [-0.2, 0) is 19.0 Å². The number of carbonyl (C=O) groups is 1. The van der Waals surface area contributed by atoms with Crippen molar-refractivity contribution in [3.8, 4) is 0 Å². The van der Waals surface area contributed by atoms with E-state index in [1.807, 2.05) is 0 Å². The fraction of sp³-hybridized carbons (Fsp3) is 0.875. The molecule has 0 aliphatic carbocycles. The third-order valence-electron chi connectivity index (χ3n) is 1.35. The van der Waals surface area contributed by atoms with Crippen molar-refractivity contribution in [1.29, 1.82) is 0 Å². The Balaban J connectivity index is 2.89. The lowest BCUT2D eigenvalue weighted by Gasteiger charge is -2.05. The first kappa shape index (κ1) is 14.4. The van der Waals surface area contributed by atoms with Gasteiger partial charge >= 0.3 is 6.04 Å². The van der Waals surface area contributed by atoms with E-state index in [4.69, 9.17) is 15.3 Å². The Bertz CT molecular complexity index is 160. The molecule has 0 radical (unpaired) electrons. The van der Waals surface area contributed by atoms with E-state index in [-0.39, 0.29) is 6.61 Å².